The fraction of sp³-hybridized carbons (Fsp3) is 0.130. The van der Waals surface area contributed by atoms with Gasteiger partial charge in [0.15, 0.2) is 0 Å². The van der Waals surface area contributed by atoms with Gasteiger partial charge in [-0.2, -0.15) is 5.10 Å². The van der Waals surface area contributed by atoms with Crippen molar-refractivity contribution in [1.82, 2.24) is 19.7 Å². The smallest absolute Gasteiger partial charge is 0.232 e. The Hall–Kier alpha value is -3.52. The summed E-state index contributed by atoms with van der Waals surface area (Å²) in [6.45, 7) is 0.189. The van der Waals surface area contributed by atoms with Gasteiger partial charge in [-0.3, -0.25) is 9.00 Å². The van der Waals surface area contributed by atoms with Crippen LogP contribution >= 0.6 is 0 Å². The first-order valence-corrected chi connectivity index (χ1v) is 11.2. The molecule has 0 radical (unpaired) electrons. The summed E-state index contributed by atoms with van der Waals surface area (Å²) in [5.41, 5.74) is 2.31. The molecule has 2 aromatic carbocycles. The molecule has 31 heavy (non-hydrogen) atoms. The Bertz CT molecular complexity index is 1190. The van der Waals surface area contributed by atoms with Gasteiger partial charge in [0, 0.05) is 35.3 Å². The Kier molecular flexibility index (Phi) is 6.37. The normalized spacial score (nSPS) is 11.9. The zero-order valence-corrected chi connectivity index (χ0v) is 17.5. The second-order valence-electron chi connectivity index (χ2n) is 6.97. The van der Waals surface area contributed by atoms with E-state index in [0.717, 1.165) is 17.1 Å². The molecule has 6 nitrogen and oxygen atoms in total. The maximum absolute atomic E-state index is 13.3. The van der Waals surface area contributed by atoms with Crippen LogP contribution in [0.2, 0.25) is 0 Å². The molecule has 0 aliphatic heterocycles. The molecule has 1 unspecified atom stereocenters. The lowest BCUT2D eigenvalue weighted by atomic mass is 10.2. The number of para-hydroxylation sites is 1. The number of amides is 1. The van der Waals surface area contributed by atoms with E-state index in [1.807, 2.05) is 59.4 Å². The largest absolute Gasteiger partial charge is 0.351 e. The minimum atomic E-state index is -1.43. The van der Waals surface area contributed by atoms with Crippen LogP contribution in [0.5, 0.6) is 0 Å². The first-order chi connectivity index (χ1) is 15.1. The lowest BCUT2D eigenvalue weighted by molar-refractivity contribution is -0.118. The molecule has 0 aliphatic carbocycles. The first-order valence-electron chi connectivity index (χ1n) is 9.72. The van der Waals surface area contributed by atoms with E-state index in [2.05, 4.69) is 10.4 Å². The fourth-order valence-electron chi connectivity index (χ4n) is 3.26. The lowest BCUT2D eigenvalue weighted by Crippen LogP contribution is -2.28. The zero-order valence-electron chi connectivity index (χ0n) is 16.6. The predicted molar refractivity (Wildman–Crippen MR) is 118 cm³/mol. The minimum absolute atomic E-state index is 0.142. The molecule has 4 aromatic rings. The van der Waals surface area contributed by atoms with Gasteiger partial charge in [0.2, 0.25) is 5.91 Å². The number of hydrogen-bond acceptors (Lipinski definition) is 3. The maximum atomic E-state index is 13.3. The number of carbonyl (C=O) groups is 1. The van der Waals surface area contributed by atoms with Crippen molar-refractivity contribution in [2.45, 2.75) is 12.3 Å². The van der Waals surface area contributed by atoms with E-state index in [1.54, 1.807) is 23.0 Å². The molecule has 2 aromatic heterocycles. The molecule has 1 atom stereocenters. The van der Waals surface area contributed by atoms with E-state index in [4.69, 9.17) is 0 Å². The third-order valence-electron chi connectivity index (χ3n) is 4.65. The van der Waals surface area contributed by atoms with Crippen LogP contribution in [-0.4, -0.2) is 30.2 Å². The highest BCUT2D eigenvalue weighted by atomic mass is 32.2. The van der Waals surface area contributed by atoms with E-state index < -0.39 is 10.8 Å². The summed E-state index contributed by atoms with van der Waals surface area (Å²) in [5, 5.41) is 7.18. The summed E-state index contributed by atoms with van der Waals surface area (Å²) >= 11 is 0. The van der Waals surface area contributed by atoms with Gasteiger partial charge in [0.25, 0.3) is 0 Å². The number of nitrogens with zero attached hydrogens (tertiary/aromatic N) is 3. The minimum Gasteiger partial charge on any atom is -0.351 e. The molecule has 1 N–H and O–H groups in total. The van der Waals surface area contributed by atoms with Crippen LogP contribution in [0.15, 0.2) is 85.3 Å². The van der Waals surface area contributed by atoms with Crippen LogP contribution in [-0.2, 0) is 27.9 Å². The van der Waals surface area contributed by atoms with E-state index in [1.165, 1.54) is 12.1 Å². The molecule has 0 saturated carbocycles. The highest BCUT2D eigenvalue weighted by Gasteiger charge is 2.17. The standard InChI is InChI=1S/C23H21FN4O2S/c24-20-8-6-7-18(13-20)14-25-22(29)17-31(30)16-19-15-26-28(21-9-2-1-3-10-21)23(19)27-11-4-5-12-27/h1-13,15H,14,16-17H2,(H,25,29). The van der Waals surface area contributed by atoms with E-state index in [9.17, 15) is 13.4 Å². The van der Waals surface area contributed by atoms with Crippen molar-refractivity contribution in [2.24, 2.45) is 0 Å². The van der Waals surface area contributed by atoms with Crippen molar-refractivity contribution < 1.29 is 13.4 Å². The molecule has 2 heterocycles. The number of rotatable bonds is 8. The van der Waals surface area contributed by atoms with E-state index in [-0.39, 0.29) is 29.8 Å². The van der Waals surface area contributed by atoms with Crippen molar-refractivity contribution in [1.29, 1.82) is 0 Å². The molecule has 0 saturated heterocycles. The van der Waals surface area contributed by atoms with Gasteiger partial charge < -0.3 is 9.88 Å². The van der Waals surface area contributed by atoms with Gasteiger partial charge in [-0.1, -0.05) is 30.3 Å². The van der Waals surface area contributed by atoms with Gasteiger partial charge in [-0.05, 0) is 42.0 Å². The second kappa shape index (κ2) is 9.53. The van der Waals surface area contributed by atoms with Gasteiger partial charge in [-0.15, -0.1) is 0 Å². The topological polar surface area (TPSA) is 68.9 Å². The number of aromatic nitrogens is 3. The Morgan fingerprint density at radius 2 is 1.81 bits per heavy atom. The number of halogens is 1. The van der Waals surface area contributed by atoms with Gasteiger partial charge >= 0.3 is 0 Å². The van der Waals surface area contributed by atoms with Crippen LogP contribution in [0.3, 0.4) is 0 Å². The summed E-state index contributed by atoms with van der Waals surface area (Å²) < 4.78 is 29.7. The number of benzene rings is 2. The monoisotopic (exact) mass is 436 g/mol. The molecule has 8 heteroatoms. The van der Waals surface area contributed by atoms with E-state index >= 15 is 0 Å². The van der Waals surface area contributed by atoms with Gasteiger partial charge in [-0.25, -0.2) is 9.07 Å². The van der Waals surface area contributed by atoms with Crippen molar-refractivity contribution in [3.63, 3.8) is 0 Å². The summed E-state index contributed by atoms with van der Waals surface area (Å²) in [5.74, 6) is 0.124. The van der Waals surface area contributed by atoms with Crippen LogP contribution in [0.25, 0.3) is 11.5 Å². The molecule has 0 fully saturated rings. The fourth-order valence-corrected chi connectivity index (χ4v) is 4.30. The van der Waals surface area contributed by atoms with Crippen molar-refractivity contribution >= 4 is 16.7 Å². The highest BCUT2D eigenvalue weighted by Crippen LogP contribution is 2.21. The molecule has 0 aliphatic rings. The molecule has 4 rings (SSSR count). The number of nitrogens with one attached hydrogen (secondary N) is 1. The Balaban J connectivity index is 1.46. The summed E-state index contributed by atoms with van der Waals surface area (Å²) in [4.78, 5) is 12.2. The van der Waals surface area contributed by atoms with Crippen molar-refractivity contribution in [3.05, 3.63) is 102 Å². The quantitative estimate of drug-likeness (QED) is 0.461. The number of carbonyl (C=O) groups excluding carboxylic acids is 1. The van der Waals surface area contributed by atoms with Crippen LogP contribution in [0.4, 0.5) is 4.39 Å². The Morgan fingerprint density at radius 1 is 1.03 bits per heavy atom. The van der Waals surface area contributed by atoms with Crippen molar-refractivity contribution in [3.8, 4) is 11.5 Å². The van der Waals surface area contributed by atoms with Crippen LogP contribution in [0, 0.1) is 5.82 Å². The van der Waals surface area contributed by atoms with Gasteiger partial charge in [0.1, 0.15) is 17.4 Å². The predicted octanol–water partition coefficient (Wildman–Crippen LogP) is 3.37. The van der Waals surface area contributed by atoms with E-state index in [0.29, 0.717) is 5.56 Å². The Morgan fingerprint density at radius 3 is 2.55 bits per heavy atom. The molecular weight excluding hydrogens is 415 g/mol. The second-order valence-corrected chi connectivity index (χ2v) is 8.42. The van der Waals surface area contributed by atoms with Crippen LogP contribution < -0.4 is 5.32 Å². The molecule has 0 spiro atoms. The summed E-state index contributed by atoms with van der Waals surface area (Å²) in [7, 11) is -1.43. The summed E-state index contributed by atoms with van der Waals surface area (Å²) in [6.07, 6.45) is 5.48. The molecule has 1 amide bonds. The average Bonchev–Trinajstić information content (AvgIpc) is 3.42. The number of hydrogen-bond donors (Lipinski definition) is 1. The molecule has 0 bridgehead atoms. The van der Waals surface area contributed by atoms with Crippen LogP contribution in [0.1, 0.15) is 11.1 Å². The lowest BCUT2D eigenvalue weighted by Gasteiger charge is -2.11. The Labute approximate surface area is 181 Å². The third-order valence-corrected chi connectivity index (χ3v) is 5.87. The highest BCUT2D eigenvalue weighted by molar-refractivity contribution is 7.84. The average molecular weight is 437 g/mol. The van der Waals surface area contributed by atoms with Gasteiger partial charge in [0.05, 0.1) is 17.6 Å². The van der Waals surface area contributed by atoms with Crippen molar-refractivity contribution in [2.75, 3.05) is 5.75 Å². The molecule has 158 valence electrons. The maximum Gasteiger partial charge on any atom is 0.232 e. The summed E-state index contributed by atoms with van der Waals surface area (Å²) in [6, 6.07) is 19.5. The SMILES string of the molecule is O=C(CS(=O)Cc1cnn(-c2ccccc2)c1-n1cccc1)NCc1cccc(F)c1. The first kappa shape index (κ1) is 20.7. The molecular formula is C23H21FN4O2S. The zero-order chi connectivity index (χ0) is 21.6. The third kappa shape index (κ3) is 5.16.